The number of hydrogen-bond donors (Lipinski definition) is 2. The van der Waals surface area contributed by atoms with E-state index in [1.165, 1.54) is 13.5 Å². The van der Waals surface area contributed by atoms with Gasteiger partial charge in [0.15, 0.2) is 0 Å². The largest absolute Gasteiger partial charge is 0.423 e. The summed E-state index contributed by atoms with van der Waals surface area (Å²) in [5.41, 5.74) is 6.95. The number of carbonyl (C=O) groups excluding carboxylic acids is 1. The maximum atomic E-state index is 11.7. The molecular formula is C12H14N4O3. The Bertz CT molecular complexity index is 542. The van der Waals surface area contributed by atoms with Crippen LogP contribution in [-0.2, 0) is 9.53 Å². The van der Waals surface area contributed by atoms with Crippen LogP contribution in [0.2, 0.25) is 0 Å². The SMILES string of the molecule is COCC(N)C(=O)Nc1cccc(-c2nnco2)c1. The molecule has 0 aliphatic heterocycles. The fourth-order valence-electron chi connectivity index (χ4n) is 1.52. The monoisotopic (exact) mass is 262 g/mol. The summed E-state index contributed by atoms with van der Waals surface area (Å²) in [6, 6.07) is 6.34. The second kappa shape index (κ2) is 6.07. The first-order valence-electron chi connectivity index (χ1n) is 5.62. The minimum absolute atomic E-state index is 0.162. The lowest BCUT2D eigenvalue weighted by Gasteiger charge is -2.11. The van der Waals surface area contributed by atoms with Gasteiger partial charge in [0, 0.05) is 18.4 Å². The summed E-state index contributed by atoms with van der Waals surface area (Å²) < 4.78 is 9.91. The highest BCUT2D eigenvalue weighted by Crippen LogP contribution is 2.20. The predicted octanol–water partition coefficient (Wildman–Crippen LogP) is 0.649. The van der Waals surface area contributed by atoms with Crippen molar-refractivity contribution in [2.45, 2.75) is 6.04 Å². The number of rotatable bonds is 5. The molecule has 0 bridgehead atoms. The fraction of sp³-hybridized carbons (Fsp3) is 0.250. The molecule has 7 heteroatoms. The van der Waals surface area contributed by atoms with E-state index in [4.69, 9.17) is 14.9 Å². The highest BCUT2D eigenvalue weighted by Gasteiger charge is 2.13. The van der Waals surface area contributed by atoms with Crippen LogP contribution < -0.4 is 11.1 Å². The van der Waals surface area contributed by atoms with Gasteiger partial charge in [-0.25, -0.2) is 0 Å². The van der Waals surface area contributed by atoms with Crippen LogP contribution in [0.1, 0.15) is 0 Å². The molecule has 0 saturated heterocycles. The van der Waals surface area contributed by atoms with Crippen molar-refractivity contribution in [1.82, 2.24) is 10.2 Å². The van der Waals surface area contributed by atoms with Gasteiger partial charge in [0.2, 0.25) is 18.2 Å². The van der Waals surface area contributed by atoms with Crippen molar-refractivity contribution in [3.63, 3.8) is 0 Å². The van der Waals surface area contributed by atoms with E-state index < -0.39 is 6.04 Å². The van der Waals surface area contributed by atoms with Crippen LogP contribution in [0.15, 0.2) is 35.1 Å². The van der Waals surface area contributed by atoms with E-state index in [1.54, 1.807) is 24.3 Å². The van der Waals surface area contributed by atoms with Crippen LogP contribution in [0.5, 0.6) is 0 Å². The van der Waals surface area contributed by atoms with Crippen LogP contribution in [0.4, 0.5) is 5.69 Å². The van der Waals surface area contributed by atoms with Crippen molar-refractivity contribution in [3.8, 4) is 11.5 Å². The molecule has 7 nitrogen and oxygen atoms in total. The maximum absolute atomic E-state index is 11.7. The normalized spacial score (nSPS) is 12.1. The number of ether oxygens (including phenoxy) is 1. The number of nitrogens with one attached hydrogen (secondary N) is 1. The van der Waals surface area contributed by atoms with Crippen LogP contribution in [0.25, 0.3) is 11.5 Å². The zero-order valence-corrected chi connectivity index (χ0v) is 10.4. The summed E-state index contributed by atoms with van der Waals surface area (Å²) in [6.45, 7) is 0.162. The minimum Gasteiger partial charge on any atom is -0.423 e. The van der Waals surface area contributed by atoms with Gasteiger partial charge < -0.3 is 20.2 Å². The van der Waals surface area contributed by atoms with Gasteiger partial charge in [-0.15, -0.1) is 10.2 Å². The van der Waals surface area contributed by atoms with Crippen molar-refractivity contribution < 1.29 is 13.9 Å². The van der Waals surface area contributed by atoms with E-state index in [0.717, 1.165) is 5.56 Å². The number of benzene rings is 1. The number of amides is 1. The Morgan fingerprint density at radius 2 is 2.42 bits per heavy atom. The van der Waals surface area contributed by atoms with Crippen LogP contribution in [0.3, 0.4) is 0 Å². The van der Waals surface area contributed by atoms with Crippen LogP contribution in [0, 0.1) is 0 Å². The molecule has 0 radical (unpaired) electrons. The Hall–Kier alpha value is -2.25. The lowest BCUT2D eigenvalue weighted by atomic mass is 10.2. The average Bonchev–Trinajstić information content (AvgIpc) is 2.93. The lowest BCUT2D eigenvalue weighted by Crippen LogP contribution is -2.39. The number of aromatic nitrogens is 2. The number of nitrogens with two attached hydrogens (primary N) is 1. The van der Waals surface area contributed by atoms with Crippen molar-refractivity contribution in [2.75, 3.05) is 19.0 Å². The van der Waals surface area contributed by atoms with E-state index in [9.17, 15) is 4.79 Å². The third kappa shape index (κ3) is 3.36. The van der Waals surface area contributed by atoms with Gasteiger partial charge in [-0.05, 0) is 18.2 Å². The zero-order chi connectivity index (χ0) is 13.7. The first-order valence-corrected chi connectivity index (χ1v) is 5.62. The van der Waals surface area contributed by atoms with Crippen molar-refractivity contribution in [3.05, 3.63) is 30.7 Å². The molecule has 1 amide bonds. The molecule has 1 unspecified atom stereocenters. The molecule has 1 atom stereocenters. The summed E-state index contributed by atoms with van der Waals surface area (Å²) >= 11 is 0. The maximum Gasteiger partial charge on any atom is 0.247 e. The Morgan fingerprint density at radius 3 is 3.11 bits per heavy atom. The molecule has 3 N–H and O–H groups in total. The average molecular weight is 262 g/mol. The highest BCUT2D eigenvalue weighted by atomic mass is 16.5. The van der Waals surface area contributed by atoms with E-state index in [1.807, 2.05) is 0 Å². The van der Waals surface area contributed by atoms with Crippen LogP contribution >= 0.6 is 0 Å². The Balaban J connectivity index is 2.09. The summed E-state index contributed by atoms with van der Waals surface area (Å²) in [7, 11) is 1.49. The van der Waals surface area contributed by atoms with Crippen molar-refractivity contribution in [2.24, 2.45) is 5.73 Å². The molecule has 0 spiro atoms. The quantitative estimate of drug-likeness (QED) is 0.820. The number of hydrogen-bond acceptors (Lipinski definition) is 6. The van der Waals surface area contributed by atoms with Gasteiger partial charge in [0.1, 0.15) is 6.04 Å². The minimum atomic E-state index is -0.711. The molecule has 0 saturated carbocycles. The number of anilines is 1. The highest BCUT2D eigenvalue weighted by molar-refractivity contribution is 5.95. The van der Waals surface area contributed by atoms with E-state index in [-0.39, 0.29) is 12.5 Å². The fourth-order valence-corrected chi connectivity index (χ4v) is 1.52. The Labute approximate surface area is 109 Å². The first-order chi connectivity index (χ1) is 9.20. The van der Waals surface area contributed by atoms with Gasteiger partial charge in [0.05, 0.1) is 6.61 Å². The van der Waals surface area contributed by atoms with Gasteiger partial charge in [-0.2, -0.15) is 0 Å². The first kappa shape index (κ1) is 13.2. The summed E-state index contributed by atoms with van der Waals surface area (Å²) in [5, 5.41) is 10.1. The smallest absolute Gasteiger partial charge is 0.247 e. The number of methoxy groups -OCH3 is 1. The number of carbonyl (C=O) groups is 1. The summed E-state index contributed by atoms with van der Waals surface area (Å²) in [4.78, 5) is 11.7. The van der Waals surface area contributed by atoms with E-state index in [2.05, 4.69) is 15.5 Å². The van der Waals surface area contributed by atoms with E-state index >= 15 is 0 Å². The molecule has 1 heterocycles. The molecule has 2 aromatic rings. The molecule has 0 aliphatic rings. The van der Waals surface area contributed by atoms with Gasteiger partial charge in [-0.3, -0.25) is 4.79 Å². The summed E-state index contributed by atoms with van der Waals surface area (Å²) in [5.74, 6) is 0.0711. The molecule has 1 aromatic heterocycles. The summed E-state index contributed by atoms with van der Waals surface area (Å²) in [6.07, 6.45) is 1.25. The van der Waals surface area contributed by atoms with Gasteiger partial charge in [0.25, 0.3) is 0 Å². The van der Waals surface area contributed by atoms with Crippen LogP contribution in [-0.4, -0.2) is 35.9 Å². The molecule has 0 aliphatic carbocycles. The second-order valence-electron chi connectivity index (χ2n) is 3.88. The van der Waals surface area contributed by atoms with Gasteiger partial charge in [-0.1, -0.05) is 6.07 Å². The number of nitrogens with zero attached hydrogens (tertiary/aromatic N) is 2. The second-order valence-corrected chi connectivity index (χ2v) is 3.88. The molecule has 100 valence electrons. The van der Waals surface area contributed by atoms with E-state index in [0.29, 0.717) is 11.6 Å². The standard InChI is InChI=1S/C12H14N4O3/c1-18-6-10(13)11(17)15-9-4-2-3-8(5-9)12-16-14-7-19-12/h2-5,7,10H,6,13H2,1H3,(H,15,17). The molecule has 2 rings (SSSR count). The Kier molecular flexibility index (Phi) is 4.22. The molecule has 1 aromatic carbocycles. The van der Waals surface area contributed by atoms with Gasteiger partial charge >= 0.3 is 0 Å². The third-order valence-electron chi connectivity index (χ3n) is 2.42. The topological polar surface area (TPSA) is 103 Å². The predicted molar refractivity (Wildman–Crippen MR) is 68.2 cm³/mol. The van der Waals surface area contributed by atoms with Crippen molar-refractivity contribution >= 4 is 11.6 Å². The zero-order valence-electron chi connectivity index (χ0n) is 10.4. The molecular weight excluding hydrogens is 248 g/mol. The lowest BCUT2D eigenvalue weighted by molar-refractivity contribution is -0.118. The Morgan fingerprint density at radius 1 is 1.58 bits per heavy atom. The van der Waals surface area contributed by atoms with Crippen molar-refractivity contribution in [1.29, 1.82) is 0 Å². The molecule has 0 fully saturated rings. The third-order valence-corrected chi connectivity index (χ3v) is 2.42. The molecule has 19 heavy (non-hydrogen) atoms.